The summed E-state index contributed by atoms with van der Waals surface area (Å²) in [6.45, 7) is 4.92. The van der Waals surface area contributed by atoms with Gasteiger partial charge in [-0.3, -0.25) is 4.79 Å². The van der Waals surface area contributed by atoms with Gasteiger partial charge in [-0.05, 0) is 42.9 Å². The van der Waals surface area contributed by atoms with Gasteiger partial charge in [0.1, 0.15) is 5.78 Å². The zero-order chi connectivity index (χ0) is 11.6. The largest absolute Gasteiger partial charge is 0.300 e. The van der Waals surface area contributed by atoms with Gasteiger partial charge in [0.15, 0.2) is 0 Å². The lowest BCUT2D eigenvalue weighted by atomic mass is 9.61. The van der Waals surface area contributed by atoms with Gasteiger partial charge >= 0.3 is 0 Å². The van der Waals surface area contributed by atoms with Crippen LogP contribution in [-0.2, 0) is 4.79 Å². The zero-order valence-electron chi connectivity index (χ0n) is 10.9. The zero-order valence-corrected chi connectivity index (χ0v) is 10.9. The van der Waals surface area contributed by atoms with Crippen LogP contribution in [0.5, 0.6) is 0 Å². The Morgan fingerprint density at radius 2 is 1.38 bits per heavy atom. The standard InChI is InChI=1S/C15H26O/c1-15(2,12-6-4-3-5-7-12)13-8-10-14(16)11-9-13/h12-13H,3-11H2,1-2H3. The van der Waals surface area contributed by atoms with Crippen LogP contribution in [0.4, 0.5) is 0 Å². The van der Waals surface area contributed by atoms with E-state index in [2.05, 4.69) is 13.8 Å². The summed E-state index contributed by atoms with van der Waals surface area (Å²) in [4.78, 5) is 11.3. The number of rotatable bonds is 2. The van der Waals surface area contributed by atoms with Crippen LogP contribution in [0.25, 0.3) is 0 Å². The van der Waals surface area contributed by atoms with E-state index in [-0.39, 0.29) is 0 Å². The van der Waals surface area contributed by atoms with E-state index in [1.54, 1.807) is 0 Å². The minimum Gasteiger partial charge on any atom is -0.300 e. The molecule has 2 aliphatic carbocycles. The van der Waals surface area contributed by atoms with Crippen LogP contribution in [0.2, 0.25) is 0 Å². The Hall–Kier alpha value is -0.330. The molecule has 2 aliphatic rings. The molecule has 0 N–H and O–H groups in total. The van der Waals surface area contributed by atoms with Gasteiger partial charge in [0.2, 0.25) is 0 Å². The van der Waals surface area contributed by atoms with Gasteiger partial charge in [0.25, 0.3) is 0 Å². The minimum absolute atomic E-state index is 0.473. The lowest BCUT2D eigenvalue weighted by Crippen LogP contribution is -2.36. The van der Waals surface area contributed by atoms with Gasteiger partial charge in [0, 0.05) is 12.8 Å². The summed E-state index contributed by atoms with van der Waals surface area (Å²) < 4.78 is 0. The van der Waals surface area contributed by atoms with E-state index in [4.69, 9.17) is 0 Å². The Morgan fingerprint density at radius 3 is 1.94 bits per heavy atom. The van der Waals surface area contributed by atoms with Crippen LogP contribution in [0.3, 0.4) is 0 Å². The van der Waals surface area contributed by atoms with Crippen LogP contribution >= 0.6 is 0 Å². The summed E-state index contributed by atoms with van der Waals surface area (Å²) in [7, 11) is 0. The molecule has 0 aromatic carbocycles. The molecule has 0 radical (unpaired) electrons. The van der Waals surface area contributed by atoms with Crippen LogP contribution in [0.1, 0.15) is 71.6 Å². The maximum absolute atomic E-state index is 11.3. The Morgan fingerprint density at radius 1 is 0.875 bits per heavy atom. The third-order valence-corrected chi connectivity index (χ3v) is 5.25. The van der Waals surface area contributed by atoms with Crippen LogP contribution in [0, 0.1) is 17.3 Å². The third-order valence-electron chi connectivity index (χ3n) is 5.25. The highest BCUT2D eigenvalue weighted by atomic mass is 16.1. The quantitative estimate of drug-likeness (QED) is 0.678. The van der Waals surface area contributed by atoms with Crippen LogP contribution < -0.4 is 0 Å². The summed E-state index contributed by atoms with van der Waals surface area (Å²) >= 11 is 0. The first kappa shape index (κ1) is 12.1. The number of hydrogen-bond acceptors (Lipinski definition) is 1. The molecule has 0 unspecified atom stereocenters. The van der Waals surface area contributed by atoms with E-state index in [1.165, 1.54) is 32.1 Å². The lowest BCUT2D eigenvalue weighted by molar-refractivity contribution is -0.122. The second-order valence-electron chi connectivity index (χ2n) is 6.47. The molecule has 0 saturated heterocycles. The summed E-state index contributed by atoms with van der Waals surface area (Å²) in [5.41, 5.74) is 0.473. The highest BCUT2D eigenvalue weighted by molar-refractivity contribution is 5.79. The predicted octanol–water partition coefficient (Wildman–Crippen LogP) is 4.35. The molecule has 0 aromatic heterocycles. The SMILES string of the molecule is CC(C)(C1CCCCC1)C1CCC(=O)CC1. The Labute approximate surface area is 100.0 Å². The van der Waals surface area contributed by atoms with Crippen molar-refractivity contribution in [2.24, 2.45) is 17.3 Å². The molecule has 0 aliphatic heterocycles. The molecular weight excluding hydrogens is 196 g/mol. The molecule has 92 valence electrons. The van der Waals surface area contributed by atoms with E-state index < -0.39 is 0 Å². The van der Waals surface area contributed by atoms with Crippen LogP contribution in [0.15, 0.2) is 0 Å². The van der Waals surface area contributed by atoms with E-state index in [9.17, 15) is 4.79 Å². The van der Waals surface area contributed by atoms with Gasteiger partial charge in [-0.2, -0.15) is 0 Å². The van der Waals surface area contributed by atoms with Crippen molar-refractivity contribution in [3.05, 3.63) is 0 Å². The molecule has 0 amide bonds. The van der Waals surface area contributed by atoms with Gasteiger partial charge in [0.05, 0.1) is 0 Å². The number of Topliss-reactive ketones (excluding diaryl/α,β-unsaturated/α-hetero) is 1. The van der Waals surface area contributed by atoms with Gasteiger partial charge in [-0.25, -0.2) is 0 Å². The van der Waals surface area contributed by atoms with Crippen molar-refractivity contribution in [1.29, 1.82) is 0 Å². The average Bonchev–Trinajstić information content (AvgIpc) is 2.31. The van der Waals surface area contributed by atoms with Crippen molar-refractivity contribution in [2.45, 2.75) is 71.6 Å². The van der Waals surface area contributed by atoms with E-state index in [1.807, 2.05) is 0 Å². The molecule has 0 atom stereocenters. The molecule has 1 heteroatoms. The Balaban J connectivity index is 1.96. The molecule has 0 aromatic rings. The van der Waals surface area contributed by atoms with Gasteiger partial charge < -0.3 is 0 Å². The lowest BCUT2D eigenvalue weighted by Gasteiger charge is -2.44. The van der Waals surface area contributed by atoms with Crippen molar-refractivity contribution in [3.63, 3.8) is 0 Å². The second kappa shape index (κ2) is 4.89. The van der Waals surface area contributed by atoms with Crippen molar-refractivity contribution >= 4 is 5.78 Å². The van der Waals surface area contributed by atoms with Crippen molar-refractivity contribution in [3.8, 4) is 0 Å². The van der Waals surface area contributed by atoms with Crippen molar-refractivity contribution in [2.75, 3.05) is 0 Å². The maximum Gasteiger partial charge on any atom is 0.132 e. The highest BCUT2D eigenvalue weighted by Gasteiger charge is 2.38. The predicted molar refractivity (Wildman–Crippen MR) is 67.3 cm³/mol. The topological polar surface area (TPSA) is 17.1 Å². The van der Waals surface area contributed by atoms with Gasteiger partial charge in [-0.1, -0.05) is 33.1 Å². The smallest absolute Gasteiger partial charge is 0.132 e. The molecule has 0 bridgehead atoms. The summed E-state index contributed by atoms with van der Waals surface area (Å²) in [6, 6.07) is 0. The Bertz CT molecular complexity index is 238. The van der Waals surface area contributed by atoms with E-state index >= 15 is 0 Å². The molecular formula is C15H26O. The molecule has 2 fully saturated rings. The number of ketones is 1. The minimum atomic E-state index is 0.473. The monoisotopic (exact) mass is 222 g/mol. The van der Waals surface area contributed by atoms with Crippen molar-refractivity contribution < 1.29 is 4.79 Å². The number of carbonyl (C=O) groups excluding carboxylic acids is 1. The van der Waals surface area contributed by atoms with E-state index in [0.717, 1.165) is 37.5 Å². The average molecular weight is 222 g/mol. The highest BCUT2D eigenvalue weighted by Crippen LogP contribution is 2.47. The summed E-state index contributed by atoms with van der Waals surface area (Å²) in [5, 5.41) is 0. The number of carbonyl (C=O) groups is 1. The summed E-state index contributed by atoms with van der Waals surface area (Å²) in [5.74, 6) is 2.21. The number of hydrogen-bond donors (Lipinski definition) is 0. The van der Waals surface area contributed by atoms with Crippen molar-refractivity contribution in [1.82, 2.24) is 0 Å². The Kier molecular flexibility index (Phi) is 3.71. The molecule has 2 saturated carbocycles. The normalized spacial score (nSPS) is 26.0. The first-order chi connectivity index (χ1) is 7.60. The first-order valence-corrected chi connectivity index (χ1v) is 7.12. The molecule has 1 nitrogen and oxygen atoms in total. The fourth-order valence-corrected chi connectivity index (χ4v) is 3.86. The molecule has 0 heterocycles. The van der Waals surface area contributed by atoms with Crippen LogP contribution in [-0.4, -0.2) is 5.78 Å². The third kappa shape index (κ3) is 2.49. The van der Waals surface area contributed by atoms with Gasteiger partial charge in [-0.15, -0.1) is 0 Å². The second-order valence-corrected chi connectivity index (χ2v) is 6.47. The maximum atomic E-state index is 11.3. The van der Waals surface area contributed by atoms with E-state index in [0.29, 0.717) is 11.2 Å². The molecule has 2 rings (SSSR count). The molecule has 0 spiro atoms. The summed E-state index contributed by atoms with van der Waals surface area (Å²) in [6.07, 6.45) is 11.2. The fourth-order valence-electron chi connectivity index (χ4n) is 3.86. The fraction of sp³-hybridized carbons (Fsp3) is 0.933. The molecule has 16 heavy (non-hydrogen) atoms. The first-order valence-electron chi connectivity index (χ1n) is 7.12.